The van der Waals surface area contributed by atoms with Gasteiger partial charge in [-0.25, -0.2) is 4.98 Å². The van der Waals surface area contributed by atoms with E-state index < -0.39 is 0 Å². The topological polar surface area (TPSA) is 57.8 Å². The fourth-order valence-corrected chi connectivity index (χ4v) is 3.45. The van der Waals surface area contributed by atoms with Crippen molar-refractivity contribution < 1.29 is 4.79 Å². The largest absolute Gasteiger partial charge is 0.333 e. The molecule has 5 heteroatoms. The molecule has 4 aromatic rings. The standard InChI is InChI=1S/C23H19N3OS/c27-22(16-28-23-25-20-8-4-5-9-21(20)26-23)24-19-14-12-18(13-15-19)11-10-17-6-2-1-3-7-17/h1-15H,16H2,(H,24,27)(H,25,26). The number of carbonyl (C=O) groups excluding carboxylic acids is 1. The zero-order valence-electron chi connectivity index (χ0n) is 15.1. The first-order chi connectivity index (χ1) is 13.8. The molecule has 0 saturated heterocycles. The van der Waals surface area contributed by atoms with Crippen LogP contribution in [0.25, 0.3) is 23.2 Å². The van der Waals surface area contributed by atoms with Crippen molar-refractivity contribution >= 4 is 46.5 Å². The molecule has 3 aromatic carbocycles. The molecule has 0 atom stereocenters. The van der Waals surface area contributed by atoms with Crippen LogP contribution in [0.1, 0.15) is 11.1 Å². The Hall–Kier alpha value is -3.31. The molecule has 0 unspecified atom stereocenters. The van der Waals surface area contributed by atoms with Crippen LogP contribution in [-0.4, -0.2) is 21.6 Å². The van der Waals surface area contributed by atoms with Crippen LogP contribution < -0.4 is 5.32 Å². The van der Waals surface area contributed by atoms with Gasteiger partial charge >= 0.3 is 0 Å². The predicted octanol–water partition coefficient (Wildman–Crippen LogP) is 5.46. The van der Waals surface area contributed by atoms with Crippen molar-refractivity contribution in [1.29, 1.82) is 0 Å². The summed E-state index contributed by atoms with van der Waals surface area (Å²) in [4.78, 5) is 19.9. The predicted molar refractivity (Wildman–Crippen MR) is 117 cm³/mol. The summed E-state index contributed by atoms with van der Waals surface area (Å²) in [6.45, 7) is 0. The zero-order valence-corrected chi connectivity index (χ0v) is 15.9. The number of amides is 1. The molecule has 0 spiro atoms. The van der Waals surface area contributed by atoms with Crippen molar-refractivity contribution in [2.75, 3.05) is 11.1 Å². The average molecular weight is 385 g/mol. The summed E-state index contributed by atoms with van der Waals surface area (Å²) in [6.07, 6.45) is 4.12. The minimum absolute atomic E-state index is 0.0574. The van der Waals surface area contributed by atoms with Crippen LogP contribution >= 0.6 is 11.8 Å². The number of carbonyl (C=O) groups is 1. The van der Waals surface area contributed by atoms with Gasteiger partial charge in [0, 0.05) is 5.69 Å². The van der Waals surface area contributed by atoms with Crippen LogP contribution in [0.5, 0.6) is 0 Å². The van der Waals surface area contributed by atoms with E-state index in [1.54, 1.807) is 0 Å². The molecular weight excluding hydrogens is 366 g/mol. The van der Waals surface area contributed by atoms with E-state index in [1.165, 1.54) is 11.8 Å². The lowest BCUT2D eigenvalue weighted by molar-refractivity contribution is -0.113. The molecule has 0 aliphatic heterocycles. The molecule has 0 fully saturated rings. The fraction of sp³-hybridized carbons (Fsp3) is 0.0435. The number of imidazole rings is 1. The summed E-state index contributed by atoms with van der Waals surface area (Å²) >= 11 is 1.39. The van der Waals surface area contributed by atoms with E-state index in [4.69, 9.17) is 0 Å². The maximum atomic E-state index is 12.2. The molecule has 0 aliphatic rings. The summed E-state index contributed by atoms with van der Waals surface area (Å²) < 4.78 is 0. The van der Waals surface area contributed by atoms with Crippen LogP contribution in [0, 0.1) is 0 Å². The SMILES string of the molecule is O=C(CSc1nc2ccccc2[nH]1)Nc1ccc(C=Cc2ccccc2)cc1. The highest BCUT2D eigenvalue weighted by Crippen LogP contribution is 2.19. The lowest BCUT2D eigenvalue weighted by atomic mass is 10.1. The summed E-state index contributed by atoms with van der Waals surface area (Å²) in [5.74, 6) is 0.244. The van der Waals surface area contributed by atoms with E-state index in [-0.39, 0.29) is 5.91 Å². The number of nitrogens with zero attached hydrogens (tertiary/aromatic N) is 1. The third-order valence-electron chi connectivity index (χ3n) is 4.17. The van der Waals surface area contributed by atoms with Crippen LogP contribution in [0.3, 0.4) is 0 Å². The van der Waals surface area contributed by atoms with Gasteiger partial charge in [-0.1, -0.05) is 78.5 Å². The average Bonchev–Trinajstić information content (AvgIpc) is 3.16. The van der Waals surface area contributed by atoms with Gasteiger partial charge in [0.05, 0.1) is 16.8 Å². The maximum absolute atomic E-state index is 12.2. The quantitative estimate of drug-likeness (QED) is 0.342. The molecule has 4 rings (SSSR count). The van der Waals surface area contributed by atoms with Gasteiger partial charge in [0.2, 0.25) is 5.91 Å². The second kappa shape index (κ2) is 8.59. The zero-order chi connectivity index (χ0) is 19.2. The number of hydrogen-bond acceptors (Lipinski definition) is 3. The number of rotatable bonds is 6. The maximum Gasteiger partial charge on any atom is 0.234 e. The molecule has 2 N–H and O–H groups in total. The van der Waals surface area contributed by atoms with Crippen molar-refractivity contribution in [2.24, 2.45) is 0 Å². The number of fused-ring (bicyclic) bond motifs is 1. The van der Waals surface area contributed by atoms with Crippen molar-refractivity contribution in [3.63, 3.8) is 0 Å². The van der Waals surface area contributed by atoms with Crippen LogP contribution in [-0.2, 0) is 4.79 Å². The van der Waals surface area contributed by atoms with Crippen molar-refractivity contribution in [3.05, 3.63) is 90.0 Å². The van der Waals surface area contributed by atoms with E-state index in [0.29, 0.717) is 5.75 Å². The Kier molecular flexibility index (Phi) is 5.54. The third-order valence-corrected chi connectivity index (χ3v) is 5.04. The molecule has 1 amide bonds. The van der Waals surface area contributed by atoms with Gasteiger partial charge in [-0.2, -0.15) is 0 Å². The van der Waals surface area contributed by atoms with Gasteiger partial charge in [-0.05, 0) is 35.4 Å². The lowest BCUT2D eigenvalue weighted by Crippen LogP contribution is -2.14. The monoisotopic (exact) mass is 385 g/mol. The molecule has 1 heterocycles. The van der Waals surface area contributed by atoms with E-state index >= 15 is 0 Å². The minimum atomic E-state index is -0.0574. The van der Waals surface area contributed by atoms with Crippen molar-refractivity contribution in [3.8, 4) is 0 Å². The van der Waals surface area contributed by atoms with Crippen LogP contribution in [0.15, 0.2) is 84.0 Å². The normalized spacial score (nSPS) is 11.1. The van der Waals surface area contributed by atoms with Crippen molar-refractivity contribution in [2.45, 2.75) is 5.16 Å². The van der Waals surface area contributed by atoms with E-state index in [0.717, 1.165) is 33.0 Å². The highest BCUT2D eigenvalue weighted by molar-refractivity contribution is 7.99. The third kappa shape index (κ3) is 4.69. The second-order valence-electron chi connectivity index (χ2n) is 6.26. The van der Waals surface area contributed by atoms with Gasteiger partial charge in [-0.15, -0.1) is 0 Å². The number of para-hydroxylation sites is 2. The molecule has 138 valence electrons. The summed E-state index contributed by atoms with van der Waals surface area (Å²) in [5.41, 5.74) is 4.90. The molecular formula is C23H19N3OS. The Morgan fingerprint density at radius 1 is 0.893 bits per heavy atom. The van der Waals surface area contributed by atoms with Gasteiger partial charge < -0.3 is 10.3 Å². The van der Waals surface area contributed by atoms with E-state index in [1.807, 2.05) is 66.7 Å². The van der Waals surface area contributed by atoms with Gasteiger partial charge in [-0.3, -0.25) is 4.79 Å². The fourth-order valence-electron chi connectivity index (χ4n) is 2.76. The lowest BCUT2D eigenvalue weighted by Gasteiger charge is -2.04. The Bertz CT molecular complexity index is 1070. The van der Waals surface area contributed by atoms with E-state index in [9.17, 15) is 4.79 Å². The number of aromatic amines is 1. The number of anilines is 1. The molecule has 0 bridgehead atoms. The molecule has 4 nitrogen and oxygen atoms in total. The minimum Gasteiger partial charge on any atom is -0.333 e. The summed E-state index contributed by atoms with van der Waals surface area (Å²) in [7, 11) is 0. The first-order valence-electron chi connectivity index (χ1n) is 8.97. The first-order valence-corrected chi connectivity index (χ1v) is 9.95. The molecule has 0 radical (unpaired) electrons. The Labute approximate surface area is 167 Å². The molecule has 0 saturated carbocycles. The highest BCUT2D eigenvalue weighted by Gasteiger charge is 2.07. The number of thioether (sulfide) groups is 1. The number of aromatic nitrogens is 2. The van der Waals surface area contributed by atoms with Crippen LogP contribution in [0.2, 0.25) is 0 Å². The number of H-pyrrole nitrogens is 1. The Balaban J connectivity index is 1.31. The highest BCUT2D eigenvalue weighted by atomic mass is 32.2. The second-order valence-corrected chi connectivity index (χ2v) is 7.23. The van der Waals surface area contributed by atoms with Gasteiger partial charge in [0.1, 0.15) is 0 Å². The smallest absolute Gasteiger partial charge is 0.234 e. The molecule has 0 aliphatic carbocycles. The summed E-state index contributed by atoms with van der Waals surface area (Å²) in [6, 6.07) is 25.8. The number of benzene rings is 3. The summed E-state index contributed by atoms with van der Waals surface area (Å²) in [5, 5.41) is 3.67. The number of hydrogen-bond donors (Lipinski definition) is 2. The number of nitrogens with one attached hydrogen (secondary N) is 2. The van der Waals surface area contributed by atoms with Crippen LogP contribution in [0.4, 0.5) is 5.69 Å². The molecule has 1 aromatic heterocycles. The van der Waals surface area contributed by atoms with Gasteiger partial charge in [0.25, 0.3) is 0 Å². The first kappa shape index (κ1) is 18.1. The molecule has 28 heavy (non-hydrogen) atoms. The Morgan fingerprint density at radius 2 is 1.57 bits per heavy atom. The Morgan fingerprint density at radius 3 is 2.32 bits per heavy atom. The van der Waals surface area contributed by atoms with Crippen molar-refractivity contribution in [1.82, 2.24) is 9.97 Å². The van der Waals surface area contributed by atoms with E-state index in [2.05, 4.69) is 39.6 Å². The van der Waals surface area contributed by atoms with Gasteiger partial charge in [0.15, 0.2) is 5.16 Å².